The lowest BCUT2D eigenvalue weighted by Crippen LogP contribution is -2.42. The number of carbonyl (C=O) groups excluding carboxylic acids is 1. The molecule has 1 amide bonds. The topological polar surface area (TPSA) is 86.3 Å². The van der Waals surface area contributed by atoms with Gasteiger partial charge in [-0.15, -0.1) is 6.42 Å². The van der Waals surface area contributed by atoms with Crippen LogP contribution < -0.4 is 10.5 Å². The molecule has 3 atom stereocenters. The maximum atomic E-state index is 12.3. The number of hydrogen-bond acceptors (Lipinski definition) is 5. The van der Waals surface area contributed by atoms with Crippen molar-refractivity contribution in [2.24, 2.45) is 5.92 Å². The van der Waals surface area contributed by atoms with Crippen LogP contribution in [0.1, 0.15) is 18.9 Å². The SMILES string of the molecule is C#CC(=O)N1CC2CC1C(n1cc(-c3ccc(Oc4ccccc4)cc3)c3c(N)ncnc31)C2. The molecule has 34 heavy (non-hydrogen) atoms. The molecule has 3 unspecified atom stereocenters. The number of para-hydroxylation sites is 1. The highest BCUT2D eigenvalue weighted by Crippen LogP contribution is 2.47. The third-order valence-electron chi connectivity index (χ3n) is 6.97. The number of carbonyl (C=O) groups is 1. The summed E-state index contributed by atoms with van der Waals surface area (Å²) in [5.74, 6) is 4.46. The number of nitrogens with zero attached hydrogens (tertiary/aromatic N) is 4. The number of rotatable bonds is 4. The van der Waals surface area contributed by atoms with E-state index in [1.165, 1.54) is 6.33 Å². The fourth-order valence-electron chi connectivity index (χ4n) is 5.51. The number of terminal acetylenes is 1. The molecule has 3 heterocycles. The molecule has 7 heteroatoms. The van der Waals surface area contributed by atoms with E-state index in [2.05, 4.69) is 26.7 Å². The van der Waals surface area contributed by atoms with Gasteiger partial charge in [-0.2, -0.15) is 0 Å². The Morgan fingerprint density at radius 1 is 1.03 bits per heavy atom. The summed E-state index contributed by atoms with van der Waals surface area (Å²) in [7, 11) is 0. The third kappa shape index (κ3) is 3.27. The molecule has 0 spiro atoms. The Hall–Kier alpha value is -4.31. The fourth-order valence-corrected chi connectivity index (χ4v) is 5.51. The first-order valence-corrected chi connectivity index (χ1v) is 11.3. The van der Waals surface area contributed by atoms with Crippen molar-refractivity contribution in [2.45, 2.75) is 24.9 Å². The Balaban J connectivity index is 1.38. The Labute approximate surface area is 197 Å². The highest BCUT2D eigenvalue weighted by atomic mass is 16.5. The first-order valence-electron chi connectivity index (χ1n) is 11.3. The predicted molar refractivity (Wildman–Crippen MR) is 130 cm³/mol. The van der Waals surface area contributed by atoms with Gasteiger partial charge in [-0.25, -0.2) is 9.97 Å². The summed E-state index contributed by atoms with van der Waals surface area (Å²) in [4.78, 5) is 23.0. The third-order valence-corrected chi connectivity index (χ3v) is 6.97. The molecule has 1 aliphatic carbocycles. The quantitative estimate of drug-likeness (QED) is 0.470. The van der Waals surface area contributed by atoms with Crippen LogP contribution in [-0.2, 0) is 4.79 Å². The molecule has 1 saturated heterocycles. The van der Waals surface area contributed by atoms with Crippen LogP contribution in [0.15, 0.2) is 67.1 Å². The van der Waals surface area contributed by atoms with Crippen LogP contribution >= 0.6 is 0 Å². The highest BCUT2D eigenvalue weighted by molar-refractivity contribution is 6.00. The fraction of sp³-hybridized carbons (Fsp3) is 0.222. The van der Waals surface area contributed by atoms with Gasteiger partial charge in [0.15, 0.2) is 0 Å². The molecule has 2 fully saturated rings. The Morgan fingerprint density at radius 2 is 1.76 bits per heavy atom. The van der Waals surface area contributed by atoms with Gasteiger partial charge in [0.1, 0.15) is 29.3 Å². The van der Waals surface area contributed by atoms with E-state index in [1.807, 2.05) is 59.5 Å². The van der Waals surface area contributed by atoms with Gasteiger partial charge in [0.05, 0.1) is 17.5 Å². The molecule has 2 aromatic heterocycles. The van der Waals surface area contributed by atoms with Crippen LogP contribution in [0.4, 0.5) is 5.82 Å². The molecule has 2 N–H and O–H groups in total. The molecule has 1 saturated carbocycles. The van der Waals surface area contributed by atoms with Crippen LogP contribution in [0.25, 0.3) is 22.2 Å². The van der Waals surface area contributed by atoms with Gasteiger partial charge >= 0.3 is 0 Å². The minimum atomic E-state index is -0.239. The number of amides is 1. The van der Waals surface area contributed by atoms with Crippen LogP contribution in [0, 0.1) is 18.3 Å². The highest BCUT2D eigenvalue weighted by Gasteiger charge is 2.47. The number of nitrogens with two attached hydrogens (primary N) is 1. The number of benzene rings is 2. The molecular weight excluding hydrogens is 426 g/mol. The van der Waals surface area contributed by atoms with Crippen molar-refractivity contribution in [3.05, 3.63) is 67.1 Å². The number of hydrogen-bond donors (Lipinski definition) is 1. The smallest absolute Gasteiger partial charge is 0.298 e. The van der Waals surface area contributed by atoms with Gasteiger partial charge in [-0.1, -0.05) is 30.3 Å². The molecule has 6 rings (SSSR count). The molecule has 168 valence electrons. The van der Waals surface area contributed by atoms with Crippen LogP contribution in [0.3, 0.4) is 0 Å². The monoisotopic (exact) mass is 449 g/mol. The molecule has 7 nitrogen and oxygen atoms in total. The van der Waals surface area contributed by atoms with Gasteiger partial charge in [0.25, 0.3) is 5.91 Å². The number of fused-ring (bicyclic) bond motifs is 3. The van der Waals surface area contributed by atoms with E-state index in [4.69, 9.17) is 16.9 Å². The predicted octanol–water partition coefficient (Wildman–Crippen LogP) is 4.27. The number of anilines is 1. The summed E-state index contributed by atoms with van der Waals surface area (Å²) in [5, 5.41) is 0.817. The molecule has 2 aliphatic rings. The number of nitrogen functional groups attached to an aromatic ring is 1. The molecule has 0 radical (unpaired) electrons. The zero-order valence-electron chi connectivity index (χ0n) is 18.5. The lowest BCUT2D eigenvalue weighted by atomic mass is 10.1. The summed E-state index contributed by atoms with van der Waals surface area (Å²) in [6.45, 7) is 0.732. The summed E-state index contributed by atoms with van der Waals surface area (Å²) in [6.07, 6.45) is 10.9. The molecule has 4 aromatic rings. The Morgan fingerprint density at radius 3 is 2.50 bits per heavy atom. The molecule has 1 aliphatic heterocycles. The summed E-state index contributed by atoms with van der Waals surface area (Å²) < 4.78 is 8.10. The zero-order chi connectivity index (χ0) is 23.2. The van der Waals surface area contributed by atoms with Crippen molar-refractivity contribution in [3.8, 4) is 35.0 Å². The van der Waals surface area contributed by atoms with E-state index in [9.17, 15) is 4.79 Å². The van der Waals surface area contributed by atoms with Crippen molar-refractivity contribution >= 4 is 22.8 Å². The average Bonchev–Trinajstić information content (AvgIpc) is 3.58. The van der Waals surface area contributed by atoms with Crippen LogP contribution in [0.2, 0.25) is 0 Å². The second kappa shape index (κ2) is 7.92. The summed E-state index contributed by atoms with van der Waals surface area (Å²) in [5.41, 5.74) is 9.05. The molecule has 2 bridgehead atoms. The van der Waals surface area contributed by atoms with Crippen molar-refractivity contribution in [1.82, 2.24) is 19.4 Å². The maximum absolute atomic E-state index is 12.3. The average molecular weight is 450 g/mol. The second-order valence-electron chi connectivity index (χ2n) is 8.92. The van der Waals surface area contributed by atoms with Crippen LogP contribution in [0.5, 0.6) is 11.5 Å². The van der Waals surface area contributed by atoms with E-state index in [1.54, 1.807) is 0 Å². The first-order chi connectivity index (χ1) is 16.6. The van der Waals surface area contributed by atoms with Gasteiger partial charge in [0.2, 0.25) is 0 Å². The second-order valence-corrected chi connectivity index (χ2v) is 8.92. The van der Waals surface area contributed by atoms with Gasteiger partial charge in [0, 0.05) is 18.3 Å². The lowest BCUT2D eigenvalue weighted by molar-refractivity contribution is -0.127. The van der Waals surface area contributed by atoms with Crippen molar-refractivity contribution in [1.29, 1.82) is 0 Å². The maximum Gasteiger partial charge on any atom is 0.298 e. The number of piperidine rings is 1. The largest absolute Gasteiger partial charge is 0.457 e. The summed E-state index contributed by atoms with van der Waals surface area (Å²) >= 11 is 0. The molecule has 2 aromatic carbocycles. The Bertz CT molecular complexity index is 1420. The first kappa shape index (κ1) is 20.3. The lowest BCUT2D eigenvalue weighted by Gasteiger charge is -2.33. The van der Waals surface area contributed by atoms with Gasteiger partial charge < -0.3 is 19.9 Å². The van der Waals surface area contributed by atoms with Crippen molar-refractivity contribution in [3.63, 3.8) is 0 Å². The molecular formula is C27H23N5O2. The number of likely N-dealkylation sites (tertiary alicyclic amines) is 1. The standard InChI is InChI=1S/C27H23N5O2/c1-2-24(33)31-14-17-12-22(31)23(13-17)32-15-21(25-26(28)29-16-30-27(25)32)18-8-10-20(11-9-18)34-19-6-4-3-5-7-19/h1,3-11,15-17,22-23H,12-14H2,(H2,28,29,30). The Kier molecular flexibility index (Phi) is 4.73. The van der Waals surface area contributed by atoms with E-state index < -0.39 is 0 Å². The number of aromatic nitrogens is 3. The van der Waals surface area contributed by atoms with E-state index >= 15 is 0 Å². The zero-order valence-corrected chi connectivity index (χ0v) is 18.5. The summed E-state index contributed by atoms with van der Waals surface area (Å²) in [6, 6.07) is 17.7. The normalized spacial score (nSPS) is 21.0. The number of ether oxygens (including phenoxy) is 1. The minimum Gasteiger partial charge on any atom is -0.457 e. The van der Waals surface area contributed by atoms with E-state index in [0.717, 1.165) is 53.0 Å². The van der Waals surface area contributed by atoms with E-state index in [-0.39, 0.29) is 18.0 Å². The minimum absolute atomic E-state index is 0.0647. The van der Waals surface area contributed by atoms with E-state index in [0.29, 0.717) is 11.7 Å². The van der Waals surface area contributed by atoms with Crippen molar-refractivity contribution < 1.29 is 9.53 Å². The van der Waals surface area contributed by atoms with Crippen LogP contribution in [-0.4, -0.2) is 37.9 Å². The van der Waals surface area contributed by atoms with Gasteiger partial charge in [-0.3, -0.25) is 4.79 Å². The van der Waals surface area contributed by atoms with Gasteiger partial charge in [-0.05, 0) is 54.5 Å². The van der Waals surface area contributed by atoms with Crippen molar-refractivity contribution in [2.75, 3.05) is 12.3 Å².